The van der Waals surface area contributed by atoms with Crippen LogP contribution >= 0.6 is 0 Å². The number of nitrogens with one attached hydrogen (secondary N) is 4. The second-order valence-corrected chi connectivity index (χ2v) is 8.43. The number of benzene rings is 2. The van der Waals surface area contributed by atoms with E-state index in [1.807, 2.05) is 6.92 Å². The molecule has 0 aliphatic rings. The van der Waals surface area contributed by atoms with Crippen LogP contribution in [-0.4, -0.2) is 49.5 Å². The second kappa shape index (κ2) is 18.4. The van der Waals surface area contributed by atoms with Crippen LogP contribution in [0.5, 0.6) is 5.75 Å². The van der Waals surface area contributed by atoms with Gasteiger partial charge in [0.2, 0.25) is 11.8 Å². The number of amides is 5. The number of nitrogen functional groups attached to an aromatic ring is 1. The van der Waals surface area contributed by atoms with E-state index >= 15 is 0 Å². The van der Waals surface area contributed by atoms with Gasteiger partial charge in [-0.3, -0.25) is 9.59 Å². The number of hydrogen-bond donors (Lipinski definition) is 6. The molecule has 2 aromatic rings. The fraction of sp³-hybridized carbons (Fsp3) is 0.346. The molecule has 0 heterocycles. The summed E-state index contributed by atoms with van der Waals surface area (Å²) in [5, 5.41) is 9.83. The Labute approximate surface area is 227 Å². The van der Waals surface area contributed by atoms with Gasteiger partial charge in [-0.05, 0) is 54.3 Å². The smallest absolute Gasteiger partial charge is 0.514 e. The normalized spacial score (nSPS) is 10.4. The first-order valence-corrected chi connectivity index (χ1v) is 12.1. The van der Waals surface area contributed by atoms with E-state index in [1.165, 1.54) is 6.41 Å². The predicted molar refractivity (Wildman–Crippen MR) is 145 cm³/mol. The van der Waals surface area contributed by atoms with Gasteiger partial charge < -0.3 is 47.0 Å². The Morgan fingerprint density at radius 3 is 2.10 bits per heavy atom. The van der Waals surface area contributed by atoms with Crippen molar-refractivity contribution in [1.82, 2.24) is 16.0 Å². The van der Waals surface area contributed by atoms with Gasteiger partial charge in [-0.2, -0.15) is 6.41 Å². The third-order valence-electron chi connectivity index (χ3n) is 4.81. The monoisotopic (exact) mass is 800 g/mol. The van der Waals surface area contributed by atoms with Gasteiger partial charge in [-0.15, -0.1) is 0 Å². The number of carbonyl (C=O) groups is 4. The van der Waals surface area contributed by atoms with Crippen LogP contribution in [0.3, 0.4) is 0 Å². The predicted octanol–water partition coefficient (Wildman–Crippen LogP) is 1.79. The van der Waals surface area contributed by atoms with Crippen molar-refractivity contribution in [2.45, 2.75) is 39.8 Å². The molecule has 1 atom stereocenters. The molecule has 1 unspecified atom stereocenters. The summed E-state index contributed by atoms with van der Waals surface area (Å²) in [4.78, 5) is 56.2. The van der Waals surface area contributed by atoms with Crippen molar-refractivity contribution in [1.29, 1.82) is 0 Å². The average molecular weight is 801 g/mol. The first-order chi connectivity index (χ1) is 18.5. The van der Waals surface area contributed by atoms with E-state index in [2.05, 4.69) is 21.3 Å². The molecule has 0 saturated heterocycles. The number of anilines is 2. The molecule has 0 saturated carbocycles. The number of rotatable bonds is 12. The molecule has 0 spiro atoms. The van der Waals surface area contributed by atoms with Crippen LogP contribution in [0, 0.1) is 5.92 Å². The molecule has 8 N–H and O–H groups in total. The van der Waals surface area contributed by atoms with Gasteiger partial charge in [0.05, 0.1) is 12.6 Å². The SMILES string of the molecule is CC(C)C(N[C-]=O)C(=O)NCC(=O)Nc1ccc(COC(=O)Oc2ccc(N)cc2)cc1.CCCNC(N)=O.[Fm]. The van der Waals surface area contributed by atoms with E-state index in [4.69, 9.17) is 20.9 Å². The van der Waals surface area contributed by atoms with Gasteiger partial charge in [-0.1, -0.05) is 32.9 Å². The van der Waals surface area contributed by atoms with E-state index < -0.39 is 30.0 Å². The minimum atomic E-state index is -0.857. The zero-order valence-electron chi connectivity index (χ0n) is 22.4. The fourth-order valence-electron chi connectivity index (χ4n) is 2.82. The molecule has 14 heteroatoms. The van der Waals surface area contributed by atoms with Crippen molar-refractivity contribution in [2.75, 3.05) is 24.1 Å². The van der Waals surface area contributed by atoms with Gasteiger partial charge in [0.25, 0.3) is 0 Å². The largest absolute Gasteiger partial charge is 0.520 e. The van der Waals surface area contributed by atoms with Gasteiger partial charge in [0.15, 0.2) is 0 Å². The Balaban J connectivity index is 0.00000168. The van der Waals surface area contributed by atoms with Crippen molar-refractivity contribution < 1.29 is 33.4 Å². The molecule has 2 aromatic carbocycles. The molecule has 0 radical (unpaired) electrons. The summed E-state index contributed by atoms with van der Waals surface area (Å²) >= 11 is 0. The Morgan fingerprint density at radius 1 is 0.975 bits per heavy atom. The van der Waals surface area contributed by atoms with Gasteiger partial charge in [0.1, 0.15) is 12.4 Å². The van der Waals surface area contributed by atoms with Crippen LogP contribution in [0.2, 0.25) is 0 Å². The van der Waals surface area contributed by atoms with Crippen molar-refractivity contribution in [3.05, 3.63) is 54.1 Å². The summed E-state index contributed by atoms with van der Waals surface area (Å²) in [6.45, 7) is 5.89. The summed E-state index contributed by atoms with van der Waals surface area (Å²) in [6.07, 6.45) is 1.57. The molecule has 40 heavy (non-hydrogen) atoms. The van der Waals surface area contributed by atoms with E-state index in [-0.39, 0.29) is 19.1 Å². The Hall–Kier alpha value is -5.81. The van der Waals surface area contributed by atoms with E-state index in [0.717, 1.165) is 6.42 Å². The average Bonchev–Trinajstić information content (AvgIpc) is 2.90. The molecule has 0 aromatic heterocycles. The first-order valence-electron chi connectivity index (χ1n) is 12.1. The zero-order chi connectivity index (χ0) is 29.2. The number of nitrogens with two attached hydrogens (primary N) is 2. The molecule has 224 valence electrons. The minimum Gasteiger partial charge on any atom is -0.520 e. The van der Waals surface area contributed by atoms with Gasteiger partial charge in [0, 0.05) is 17.9 Å². The third kappa shape index (κ3) is 14.1. The van der Waals surface area contributed by atoms with Crippen LogP contribution in [0.25, 0.3) is 0 Å². The van der Waals surface area contributed by atoms with Crippen LogP contribution in [0.4, 0.5) is 21.0 Å². The van der Waals surface area contributed by atoms with Gasteiger partial charge >= 0.3 is 12.2 Å². The maximum absolute atomic E-state index is 12.0. The zero-order valence-corrected chi connectivity index (χ0v) is 24.8. The van der Waals surface area contributed by atoms with Crippen LogP contribution in [-0.2, 0) is 25.7 Å². The van der Waals surface area contributed by atoms with Gasteiger partial charge in [-0.25, -0.2) is 9.59 Å². The van der Waals surface area contributed by atoms with Crippen molar-refractivity contribution >= 4 is 41.8 Å². The van der Waals surface area contributed by atoms with E-state index in [9.17, 15) is 24.0 Å². The third-order valence-corrected chi connectivity index (χ3v) is 4.81. The number of ether oxygens (including phenoxy) is 2. The number of urea groups is 1. The Kier molecular flexibility index (Phi) is 15.8. The second-order valence-electron chi connectivity index (χ2n) is 8.43. The van der Waals surface area contributed by atoms with Crippen molar-refractivity contribution in [3.8, 4) is 5.75 Å². The number of primary amides is 1. The Morgan fingerprint density at radius 2 is 1.60 bits per heavy atom. The summed E-state index contributed by atoms with van der Waals surface area (Å²) in [6, 6.07) is 11.7. The van der Waals surface area contributed by atoms with Crippen LogP contribution in [0.1, 0.15) is 32.8 Å². The standard InChI is InChI=1S/C22H25N4O6.C4H10N2O.Fm/c1-14(2)20(25-13-27)21(29)24-11-19(28)26-17-7-3-15(4-8-17)12-31-22(30)32-18-9-5-16(23)6-10-18;1-2-3-6-4(5)7;/h3-10,14,20H,11-12,23H2,1-2H3,(H,24,29)(H,25,27)(H,26,28);2-3H2,1H3,(H3,5,6,7);/q-1;;. The molecule has 0 fully saturated rings. The van der Waals surface area contributed by atoms with E-state index in [0.29, 0.717) is 29.2 Å². The molecule has 13 nitrogen and oxygen atoms in total. The summed E-state index contributed by atoms with van der Waals surface area (Å²) in [5.74, 6) is -0.754. The molecular weight excluding hydrogens is 765 g/mol. The topological polar surface area (TPSA) is 204 Å². The summed E-state index contributed by atoms with van der Waals surface area (Å²) in [5.41, 5.74) is 12.0. The minimum absolute atomic E-state index is 0. The summed E-state index contributed by atoms with van der Waals surface area (Å²) < 4.78 is 10.1. The van der Waals surface area contributed by atoms with Crippen molar-refractivity contribution in [2.24, 2.45) is 11.7 Å². The molecule has 2 rings (SSSR count). The maximum Gasteiger partial charge on any atom is 0.514 e. The quantitative estimate of drug-likeness (QED) is 0.0613. The molecule has 0 aliphatic heterocycles. The van der Waals surface area contributed by atoms with Crippen LogP contribution < -0.4 is 37.5 Å². The fourth-order valence-corrected chi connectivity index (χ4v) is 2.82. The molecule has 0 aliphatic carbocycles. The maximum atomic E-state index is 12.0. The van der Waals surface area contributed by atoms with Crippen LogP contribution in [0.15, 0.2) is 48.5 Å². The summed E-state index contributed by atoms with van der Waals surface area (Å²) in [7, 11) is 0. The van der Waals surface area contributed by atoms with Crippen molar-refractivity contribution in [3.63, 3.8) is 0 Å². The molecule has 0 bridgehead atoms. The Bertz CT molecular complexity index is 1080. The number of hydrogen-bond acceptors (Lipinski definition) is 8. The van der Waals surface area contributed by atoms with E-state index in [1.54, 1.807) is 62.4 Å². The molecular formula is C26H35FmN6O7-. The first kappa shape index (κ1) is 34.2. The number of carbonyl (C=O) groups excluding carboxylic acids is 5. The molecule has 5 amide bonds.